The molecule has 1 saturated heterocycles. The molecule has 0 N–H and O–H groups in total. The molecule has 0 amide bonds. The maximum Gasteiger partial charge on any atom is 0.306 e. The molecule has 0 saturated carbocycles. The van der Waals surface area contributed by atoms with Gasteiger partial charge >= 0.3 is 5.97 Å². The summed E-state index contributed by atoms with van der Waals surface area (Å²) in [5.74, 6) is -0.218. The lowest BCUT2D eigenvalue weighted by Crippen LogP contribution is -2.20. The highest BCUT2D eigenvalue weighted by atomic mass is 19.1. The molecule has 0 aliphatic carbocycles. The molecule has 0 bridgehead atoms. The maximum atomic E-state index is 12.6. The Balaban J connectivity index is 2.30. The summed E-state index contributed by atoms with van der Waals surface area (Å²) in [6.45, 7) is -0.536. The number of halogens is 1. The van der Waals surface area contributed by atoms with Gasteiger partial charge in [0.15, 0.2) is 0 Å². The van der Waals surface area contributed by atoms with E-state index in [1.807, 2.05) is 0 Å². The highest BCUT2D eigenvalue weighted by molar-refractivity contribution is 5.69. The zero-order valence-corrected chi connectivity index (χ0v) is 10.8. The minimum atomic E-state index is -0.536. The highest BCUT2D eigenvalue weighted by Gasteiger charge is 2.13. The predicted octanol–water partition coefficient (Wildman–Crippen LogP) is 4.17. The van der Waals surface area contributed by atoms with Gasteiger partial charge in [-0.2, -0.15) is 0 Å². The molecule has 1 heterocycles. The summed E-state index contributed by atoms with van der Waals surface area (Å²) in [4.78, 5) is 11.4. The molecule has 0 spiro atoms. The summed E-state index contributed by atoms with van der Waals surface area (Å²) in [5.41, 5.74) is 0. The van der Waals surface area contributed by atoms with E-state index >= 15 is 0 Å². The van der Waals surface area contributed by atoms with Crippen LogP contribution in [0, 0.1) is 0 Å². The SMILES string of the molecule is O=C1CCCCCCCCCCCC(CF)O1. The van der Waals surface area contributed by atoms with E-state index in [0.717, 1.165) is 25.7 Å². The van der Waals surface area contributed by atoms with Crippen molar-refractivity contribution in [2.45, 2.75) is 76.7 Å². The first-order valence-corrected chi connectivity index (χ1v) is 7.08. The van der Waals surface area contributed by atoms with Gasteiger partial charge in [0.2, 0.25) is 0 Å². The van der Waals surface area contributed by atoms with E-state index in [4.69, 9.17) is 4.74 Å². The van der Waals surface area contributed by atoms with Crippen LogP contribution < -0.4 is 0 Å². The second-order valence-electron chi connectivity index (χ2n) is 4.99. The predicted molar refractivity (Wildman–Crippen MR) is 66.6 cm³/mol. The molecule has 2 nitrogen and oxygen atoms in total. The fourth-order valence-corrected chi connectivity index (χ4v) is 2.29. The first-order chi connectivity index (χ1) is 8.33. The first-order valence-electron chi connectivity index (χ1n) is 7.08. The molecule has 1 atom stereocenters. The Hall–Kier alpha value is -0.600. The van der Waals surface area contributed by atoms with Gasteiger partial charge in [0.05, 0.1) is 0 Å². The lowest BCUT2D eigenvalue weighted by molar-refractivity contribution is -0.150. The van der Waals surface area contributed by atoms with Gasteiger partial charge < -0.3 is 4.74 Å². The van der Waals surface area contributed by atoms with Gasteiger partial charge in [-0.15, -0.1) is 0 Å². The van der Waals surface area contributed by atoms with Crippen molar-refractivity contribution in [1.29, 1.82) is 0 Å². The highest BCUT2D eigenvalue weighted by Crippen LogP contribution is 2.15. The number of carbonyl (C=O) groups excluding carboxylic acids is 1. The van der Waals surface area contributed by atoms with Crippen LogP contribution in [0.4, 0.5) is 4.39 Å². The molecule has 3 heteroatoms. The van der Waals surface area contributed by atoms with Crippen molar-refractivity contribution in [3.8, 4) is 0 Å². The average molecular weight is 244 g/mol. The number of hydrogen-bond donors (Lipinski definition) is 0. The molecule has 0 radical (unpaired) electrons. The van der Waals surface area contributed by atoms with Gasteiger partial charge in [0, 0.05) is 6.42 Å². The van der Waals surface area contributed by atoms with Crippen LogP contribution in [0.1, 0.15) is 70.6 Å². The molecule has 1 unspecified atom stereocenters. The van der Waals surface area contributed by atoms with Crippen LogP contribution >= 0.6 is 0 Å². The molecule has 1 aliphatic rings. The lowest BCUT2D eigenvalue weighted by atomic mass is 10.0. The molecular formula is C14H25FO2. The maximum absolute atomic E-state index is 12.6. The Kier molecular flexibility index (Phi) is 8.02. The molecule has 1 rings (SSSR count). The summed E-state index contributed by atoms with van der Waals surface area (Å²) in [6.07, 6.45) is 11.0. The zero-order chi connectivity index (χ0) is 12.3. The Bertz CT molecular complexity index is 206. The van der Waals surface area contributed by atoms with Gasteiger partial charge in [-0.3, -0.25) is 4.79 Å². The minimum Gasteiger partial charge on any atom is -0.460 e. The van der Waals surface area contributed by atoms with Gasteiger partial charge in [-0.05, 0) is 19.3 Å². The van der Waals surface area contributed by atoms with Crippen LogP contribution in [0.15, 0.2) is 0 Å². The van der Waals surface area contributed by atoms with Crippen LogP contribution in [0.5, 0.6) is 0 Å². The molecule has 17 heavy (non-hydrogen) atoms. The Morgan fingerprint density at radius 1 is 0.941 bits per heavy atom. The van der Waals surface area contributed by atoms with Crippen molar-refractivity contribution >= 4 is 5.97 Å². The fraction of sp³-hybridized carbons (Fsp3) is 0.929. The van der Waals surface area contributed by atoms with Gasteiger partial charge in [0.25, 0.3) is 0 Å². The second-order valence-corrected chi connectivity index (χ2v) is 4.99. The third-order valence-corrected chi connectivity index (χ3v) is 3.38. The molecular weight excluding hydrogens is 219 g/mol. The number of cyclic esters (lactones) is 1. The monoisotopic (exact) mass is 244 g/mol. The average Bonchev–Trinajstić information content (AvgIpc) is 2.33. The van der Waals surface area contributed by atoms with Crippen LogP contribution in [0.25, 0.3) is 0 Å². The van der Waals surface area contributed by atoms with Crippen molar-refractivity contribution in [3.05, 3.63) is 0 Å². The van der Waals surface area contributed by atoms with E-state index in [-0.39, 0.29) is 5.97 Å². The van der Waals surface area contributed by atoms with Crippen LogP contribution in [-0.4, -0.2) is 18.7 Å². The molecule has 1 fully saturated rings. The van der Waals surface area contributed by atoms with Crippen molar-refractivity contribution in [3.63, 3.8) is 0 Å². The minimum absolute atomic E-state index is 0.218. The Labute approximate surface area is 104 Å². The third kappa shape index (κ3) is 7.35. The smallest absolute Gasteiger partial charge is 0.306 e. The van der Waals surface area contributed by atoms with E-state index in [2.05, 4.69) is 0 Å². The first kappa shape index (κ1) is 14.5. The van der Waals surface area contributed by atoms with Crippen molar-refractivity contribution in [2.75, 3.05) is 6.67 Å². The van der Waals surface area contributed by atoms with Crippen LogP contribution in [0.3, 0.4) is 0 Å². The van der Waals surface area contributed by atoms with E-state index in [1.165, 1.54) is 32.1 Å². The second kappa shape index (κ2) is 9.43. The summed E-state index contributed by atoms with van der Waals surface area (Å²) in [5, 5.41) is 0. The number of esters is 1. The quantitative estimate of drug-likeness (QED) is 0.647. The lowest BCUT2D eigenvalue weighted by Gasteiger charge is -2.15. The zero-order valence-electron chi connectivity index (χ0n) is 10.8. The number of alkyl halides is 1. The van der Waals surface area contributed by atoms with Gasteiger partial charge in [-0.1, -0.05) is 44.9 Å². The Morgan fingerprint density at radius 2 is 1.47 bits per heavy atom. The van der Waals surface area contributed by atoms with E-state index in [0.29, 0.717) is 12.8 Å². The molecule has 0 aromatic rings. The van der Waals surface area contributed by atoms with Crippen LogP contribution in [-0.2, 0) is 9.53 Å². The van der Waals surface area contributed by atoms with E-state index in [9.17, 15) is 9.18 Å². The topological polar surface area (TPSA) is 26.3 Å². The van der Waals surface area contributed by atoms with E-state index in [1.54, 1.807) is 0 Å². The standard InChI is InChI=1S/C14H25FO2/c15-12-13-10-8-6-4-2-1-3-5-7-9-11-14(16)17-13/h13H,1-12H2. The van der Waals surface area contributed by atoms with Gasteiger partial charge in [-0.25, -0.2) is 4.39 Å². The summed E-state index contributed by atoms with van der Waals surface area (Å²) >= 11 is 0. The normalized spacial score (nSPS) is 25.9. The van der Waals surface area contributed by atoms with E-state index < -0.39 is 12.8 Å². The van der Waals surface area contributed by atoms with Gasteiger partial charge in [0.1, 0.15) is 12.8 Å². The number of ether oxygens (including phenoxy) is 1. The fourth-order valence-electron chi connectivity index (χ4n) is 2.29. The van der Waals surface area contributed by atoms with Crippen molar-refractivity contribution in [2.24, 2.45) is 0 Å². The molecule has 100 valence electrons. The largest absolute Gasteiger partial charge is 0.460 e. The number of rotatable bonds is 1. The third-order valence-electron chi connectivity index (χ3n) is 3.38. The summed E-state index contributed by atoms with van der Waals surface area (Å²) in [6, 6.07) is 0. The molecule has 1 aliphatic heterocycles. The number of carbonyl (C=O) groups is 1. The molecule has 0 aromatic heterocycles. The summed E-state index contributed by atoms with van der Waals surface area (Å²) < 4.78 is 17.8. The summed E-state index contributed by atoms with van der Waals surface area (Å²) in [7, 11) is 0. The van der Waals surface area contributed by atoms with Crippen LogP contribution in [0.2, 0.25) is 0 Å². The number of hydrogen-bond acceptors (Lipinski definition) is 2. The van der Waals surface area contributed by atoms with Crippen molar-refractivity contribution < 1.29 is 13.9 Å². The Morgan fingerprint density at radius 3 is 2.06 bits per heavy atom. The van der Waals surface area contributed by atoms with Crippen molar-refractivity contribution in [1.82, 2.24) is 0 Å². The molecule has 0 aromatic carbocycles.